The summed E-state index contributed by atoms with van der Waals surface area (Å²) in [5.74, 6) is -0.867. The van der Waals surface area contributed by atoms with Crippen LogP contribution < -0.4 is 21.9 Å². The molecule has 7 N–H and O–H groups in total. The fourth-order valence-corrected chi connectivity index (χ4v) is 5.23. The Morgan fingerprint density at radius 1 is 1.35 bits per heavy atom. The van der Waals surface area contributed by atoms with Gasteiger partial charge >= 0.3 is 5.97 Å². The van der Waals surface area contributed by atoms with Gasteiger partial charge in [-0.15, -0.1) is 11.3 Å². The van der Waals surface area contributed by atoms with Crippen molar-refractivity contribution < 1.29 is 19.4 Å². The van der Waals surface area contributed by atoms with Gasteiger partial charge in [-0.2, -0.15) is 0 Å². The van der Waals surface area contributed by atoms with Gasteiger partial charge in [0.2, 0.25) is 5.88 Å². The summed E-state index contributed by atoms with van der Waals surface area (Å²) >= 11 is 1.01. The summed E-state index contributed by atoms with van der Waals surface area (Å²) in [5.41, 5.74) is 20.0. The summed E-state index contributed by atoms with van der Waals surface area (Å²) in [7, 11) is 0. The zero-order valence-electron chi connectivity index (χ0n) is 17.4. The molecule has 0 fully saturated rings. The molecular formula is C22H24N4O4S. The van der Waals surface area contributed by atoms with Gasteiger partial charge in [-0.1, -0.05) is 19.9 Å². The van der Waals surface area contributed by atoms with E-state index in [2.05, 4.69) is 4.98 Å². The Morgan fingerprint density at radius 2 is 2.06 bits per heavy atom. The zero-order valence-corrected chi connectivity index (χ0v) is 18.2. The van der Waals surface area contributed by atoms with Crippen molar-refractivity contribution in [1.29, 1.82) is 0 Å². The lowest BCUT2D eigenvalue weighted by Crippen LogP contribution is -2.53. The molecule has 0 amide bonds. The van der Waals surface area contributed by atoms with Gasteiger partial charge in [0.15, 0.2) is 5.78 Å². The standard InChI is InChI=1S/C22H24N4O4S/c1-9(2)8-30-14-6-10(3)12(7-26-14)22(25)11-4-5-13(23)18-15(11)16(17(24)20(22)27)19(31-18)21(28)29/h4-7,9,17H,8,23-25H2,1-3H3,(H,28,29). The molecule has 1 aliphatic rings. The van der Waals surface area contributed by atoms with Crippen LogP contribution in [0.4, 0.5) is 5.69 Å². The van der Waals surface area contributed by atoms with Crippen LogP contribution in [-0.4, -0.2) is 28.4 Å². The molecule has 2 atom stereocenters. The van der Waals surface area contributed by atoms with Crippen LogP contribution in [0.2, 0.25) is 0 Å². The number of aromatic carboxylic acids is 1. The second-order valence-corrected chi connectivity index (χ2v) is 9.27. The van der Waals surface area contributed by atoms with Gasteiger partial charge in [-0.05, 0) is 30.0 Å². The van der Waals surface area contributed by atoms with Gasteiger partial charge in [-0.25, -0.2) is 9.78 Å². The van der Waals surface area contributed by atoms with Gasteiger partial charge in [0.25, 0.3) is 0 Å². The number of anilines is 1. The number of rotatable bonds is 5. The smallest absolute Gasteiger partial charge is 0.346 e. The molecule has 3 aromatic rings. The highest BCUT2D eigenvalue weighted by Gasteiger charge is 2.49. The second kappa shape index (κ2) is 7.30. The summed E-state index contributed by atoms with van der Waals surface area (Å²) in [4.78, 5) is 29.7. The monoisotopic (exact) mass is 440 g/mol. The Bertz CT molecular complexity index is 1240. The molecule has 2 unspecified atom stereocenters. The van der Waals surface area contributed by atoms with E-state index in [0.717, 1.165) is 16.9 Å². The van der Waals surface area contributed by atoms with Crippen LogP contribution in [0.15, 0.2) is 24.4 Å². The third kappa shape index (κ3) is 3.08. The molecule has 1 aromatic carbocycles. The van der Waals surface area contributed by atoms with Gasteiger partial charge < -0.3 is 27.0 Å². The van der Waals surface area contributed by atoms with Gasteiger partial charge in [0.1, 0.15) is 10.4 Å². The van der Waals surface area contributed by atoms with Crippen LogP contribution in [0, 0.1) is 12.8 Å². The number of nitrogen functional groups attached to an aromatic ring is 1. The molecule has 4 rings (SSSR count). The maximum absolute atomic E-state index is 13.5. The second-order valence-electron chi connectivity index (χ2n) is 8.25. The van der Waals surface area contributed by atoms with Crippen molar-refractivity contribution in [2.45, 2.75) is 32.4 Å². The molecule has 0 spiro atoms. The van der Waals surface area contributed by atoms with Crippen molar-refractivity contribution in [3.8, 4) is 5.88 Å². The number of ether oxygens (including phenoxy) is 1. The van der Waals surface area contributed by atoms with Crippen molar-refractivity contribution in [2.75, 3.05) is 12.3 Å². The van der Waals surface area contributed by atoms with Gasteiger partial charge in [-0.3, -0.25) is 4.79 Å². The highest BCUT2D eigenvalue weighted by atomic mass is 32.1. The minimum atomic E-state index is -1.59. The number of carboxylic acids is 1. The highest BCUT2D eigenvalue weighted by Crippen LogP contribution is 2.49. The average molecular weight is 441 g/mol. The minimum absolute atomic E-state index is 0.00401. The van der Waals surface area contributed by atoms with Gasteiger partial charge in [0, 0.05) is 34.5 Å². The van der Waals surface area contributed by atoms with E-state index in [9.17, 15) is 14.7 Å². The number of thiophene rings is 1. The molecule has 8 nitrogen and oxygen atoms in total. The Morgan fingerprint density at radius 3 is 2.68 bits per heavy atom. The lowest BCUT2D eigenvalue weighted by atomic mass is 9.70. The predicted molar refractivity (Wildman–Crippen MR) is 119 cm³/mol. The number of benzene rings is 1. The Balaban J connectivity index is 1.95. The number of Topliss-reactive ketones (excluding diaryl/α,β-unsaturated/α-hetero) is 1. The maximum atomic E-state index is 13.5. The average Bonchev–Trinajstić information content (AvgIpc) is 3.12. The quantitative estimate of drug-likeness (QED) is 0.441. The number of ketones is 1. The first kappa shape index (κ1) is 21.2. The lowest BCUT2D eigenvalue weighted by molar-refractivity contribution is -0.124. The van der Waals surface area contributed by atoms with E-state index < -0.39 is 23.3 Å². The van der Waals surface area contributed by atoms with Gasteiger partial charge in [0.05, 0.1) is 17.3 Å². The minimum Gasteiger partial charge on any atom is -0.477 e. The van der Waals surface area contributed by atoms with Crippen molar-refractivity contribution in [3.63, 3.8) is 0 Å². The van der Waals surface area contributed by atoms with Crippen LogP contribution >= 0.6 is 11.3 Å². The first-order valence-electron chi connectivity index (χ1n) is 9.84. The molecule has 2 heterocycles. The number of aromatic nitrogens is 1. The van der Waals surface area contributed by atoms with Crippen molar-refractivity contribution in [3.05, 3.63) is 51.5 Å². The number of nitrogens with zero attached hydrogens (tertiary/aromatic N) is 1. The fraction of sp³-hybridized carbons (Fsp3) is 0.318. The molecule has 0 saturated carbocycles. The fourth-order valence-electron chi connectivity index (χ4n) is 4.09. The summed E-state index contributed by atoms with van der Waals surface area (Å²) in [6.07, 6.45) is 1.53. The number of carbonyl (C=O) groups is 2. The topological polar surface area (TPSA) is 155 Å². The largest absolute Gasteiger partial charge is 0.477 e. The molecule has 9 heteroatoms. The van der Waals surface area contributed by atoms with Crippen molar-refractivity contribution >= 4 is 38.9 Å². The van der Waals surface area contributed by atoms with E-state index in [1.54, 1.807) is 18.2 Å². The molecular weight excluding hydrogens is 416 g/mol. The Kier molecular flexibility index (Phi) is 5.00. The van der Waals surface area contributed by atoms with Crippen LogP contribution in [0.3, 0.4) is 0 Å². The number of hydrogen-bond donors (Lipinski definition) is 4. The summed E-state index contributed by atoms with van der Waals surface area (Å²) in [6, 6.07) is 3.85. The highest BCUT2D eigenvalue weighted by molar-refractivity contribution is 7.21. The molecule has 0 bridgehead atoms. The third-order valence-corrected chi connectivity index (χ3v) is 6.83. The van der Waals surface area contributed by atoms with E-state index in [1.807, 2.05) is 20.8 Å². The molecule has 0 saturated heterocycles. The van der Waals surface area contributed by atoms with Crippen molar-refractivity contribution in [1.82, 2.24) is 4.98 Å². The number of nitrogens with two attached hydrogens (primary N) is 3. The van der Waals surface area contributed by atoms with E-state index in [1.165, 1.54) is 6.20 Å². The maximum Gasteiger partial charge on any atom is 0.346 e. The third-order valence-electron chi connectivity index (χ3n) is 5.58. The van der Waals surface area contributed by atoms with Crippen LogP contribution in [-0.2, 0) is 10.3 Å². The Hall–Kier alpha value is -3.01. The molecule has 162 valence electrons. The molecule has 0 aliphatic heterocycles. The first-order valence-corrected chi connectivity index (χ1v) is 10.7. The van der Waals surface area contributed by atoms with E-state index >= 15 is 0 Å². The number of pyridine rings is 1. The summed E-state index contributed by atoms with van der Waals surface area (Å²) in [5, 5.41) is 10.2. The van der Waals surface area contributed by atoms with E-state index in [-0.39, 0.29) is 10.4 Å². The molecule has 0 radical (unpaired) electrons. The number of carboxylic acid groups (broad SMARTS) is 1. The van der Waals surface area contributed by atoms with E-state index in [0.29, 0.717) is 45.3 Å². The molecule has 2 aromatic heterocycles. The summed E-state index contributed by atoms with van der Waals surface area (Å²) < 4.78 is 6.25. The predicted octanol–water partition coefficient (Wildman–Crippen LogP) is 2.70. The van der Waals surface area contributed by atoms with E-state index in [4.69, 9.17) is 21.9 Å². The van der Waals surface area contributed by atoms with Crippen molar-refractivity contribution in [2.24, 2.45) is 17.4 Å². The van der Waals surface area contributed by atoms with Crippen LogP contribution in [0.25, 0.3) is 10.1 Å². The number of carbonyl (C=O) groups excluding carboxylic acids is 1. The number of hydrogen-bond acceptors (Lipinski definition) is 8. The summed E-state index contributed by atoms with van der Waals surface area (Å²) in [6.45, 7) is 6.41. The lowest BCUT2D eigenvalue weighted by Gasteiger charge is -2.37. The number of aryl methyl sites for hydroxylation is 1. The van der Waals surface area contributed by atoms with Crippen LogP contribution in [0.1, 0.15) is 51.8 Å². The SMILES string of the molecule is Cc1cc(OCC(C)C)ncc1C1(N)C(=O)C(N)c2c(C(=O)O)sc3c(N)ccc1c23. The van der Waals surface area contributed by atoms with Crippen LogP contribution in [0.5, 0.6) is 5.88 Å². The molecule has 1 aliphatic carbocycles. The first-order chi connectivity index (χ1) is 14.6. The zero-order chi connectivity index (χ0) is 22.7. The normalized spacial score (nSPS) is 20.5. The Labute approximate surface area is 183 Å². The molecule has 31 heavy (non-hydrogen) atoms.